The van der Waals surface area contributed by atoms with E-state index >= 15 is 0 Å². The van der Waals surface area contributed by atoms with Gasteiger partial charge in [0.25, 0.3) is 11.7 Å². The highest BCUT2D eigenvalue weighted by atomic mass is 32.2. The molecule has 0 saturated carbocycles. The Morgan fingerprint density at radius 3 is 2.62 bits per heavy atom. The lowest BCUT2D eigenvalue weighted by Gasteiger charge is -2.07. The van der Waals surface area contributed by atoms with Crippen LogP contribution in [0.25, 0.3) is 10.9 Å². The third-order valence-electron chi connectivity index (χ3n) is 3.36. The molecule has 134 valence electrons. The van der Waals surface area contributed by atoms with Crippen LogP contribution in [0.4, 0.5) is 14.5 Å². The number of nitrogens with one attached hydrogen (secondary N) is 2. The van der Waals surface area contributed by atoms with Gasteiger partial charge in [0.1, 0.15) is 0 Å². The van der Waals surface area contributed by atoms with Crippen LogP contribution in [0.15, 0.2) is 53.4 Å². The molecule has 0 radical (unpaired) electrons. The summed E-state index contributed by atoms with van der Waals surface area (Å²) in [5, 5.41) is 9.73. The highest BCUT2D eigenvalue weighted by Crippen LogP contribution is 2.26. The van der Waals surface area contributed by atoms with Crippen LogP contribution >= 0.6 is 11.8 Å². The molecule has 3 rings (SSSR count). The lowest BCUT2D eigenvalue weighted by molar-refractivity contribution is -0.119. The number of amides is 1. The van der Waals surface area contributed by atoms with E-state index in [1.54, 1.807) is 24.3 Å². The van der Waals surface area contributed by atoms with Gasteiger partial charge in [-0.3, -0.25) is 9.89 Å². The maximum atomic E-state index is 12.3. The largest absolute Gasteiger partial charge is 0.451 e. The maximum absolute atomic E-state index is 12.3. The number of benzene rings is 2. The topological polar surface area (TPSA) is 84.1 Å². The van der Waals surface area contributed by atoms with Gasteiger partial charge < -0.3 is 10.1 Å². The maximum Gasteiger partial charge on any atom is 0.359 e. The van der Waals surface area contributed by atoms with Crippen molar-refractivity contribution in [2.45, 2.75) is 10.7 Å². The standard InChI is InChI=1S/C17H13F2N3O3S/c18-17(19)26-11-7-5-10(6-8-11)20-14(23)9-25-16(24)15-12-3-1-2-4-13(12)21-22-15/h1-8,17H,9H2,(H,20,23)(H,21,22). The Labute approximate surface area is 150 Å². The van der Waals surface area contributed by atoms with Crippen molar-refractivity contribution in [1.82, 2.24) is 10.2 Å². The molecular formula is C17H13F2N3O3S. The van der Waals surface area contributed by atoms with E-state index in [9.17, 15) is 18.4 Å². The minimum absolute atomic E-state index is 0.0989. The van der Waals surface area contributed by atoms with Gasteiger partial charge in [0, 0.05) is 16.0 Å². The number of ether oxygens (including phenoxy) is 1. The second-order valence-corrected chi connectivity index (χ2v) is 6.21. The number of nitrogens with zero attached hydrogens (tertiary/aromatic N) is 1. The van der Waals surface area contributed by atoms with Gasteiger partial charge in [-0.05, 0) is 30.3 Å². The first kappa shape index (κ1) is 17.9. The van der Waals surface area contributed by atoms with E-state index in [2.05, 4.69) is 15.5 Å². The summed E-state index contributed by atoms with van der Waals surface area (Å²) in [6, 6.07) is 13.0. The highest BCUT2D eigenvalue weighted by Gasteiger charge is 2.16. The van der Waals surface area contributed by atoms with Crippen molar-refractivity contribution < 1.29 is 23.1 Å². The molecule has 6 nitrogen and oxygen atoms in total. The zero-order valence-electron chi connectivity index (χ0n) is 13.2. The van der Waals surface area contributed by atoms with E-state index in [0.29, 0.717) is 33.2 Å². The summed E-state index contributed by atoms with van der Waals surface area (Å²) in [7, 11) is 0. The number of H-pyrrole nitrogens is 1. The van der Waals surface area contributed by atoms with E-state index in [0.717, 1.165) is 0 Å². The fourth-order valence-corrected chi connectivity index (χ4v) is 2.73. The Morgan fingerprint density at radius 2 is 1.88 bits per heavy atom. The predicted octanol–water partition coefficient (Wildman–Crippen LogP) is 3.67. The summed E-state index contributed by atoms with van der Waals surface area (Å²) < 4.78 is 29.5. The molecular weight excluding hydrogens is 364 g/mol. The Kier molecular flexibility index (Phi) is 5.47. The van der Waals surface area contributed by atoms with Crippen molar-refractivity contribution in [1.29, 1.82) is 0 Å². The normalized spacial score (nSPS) is 10.9. The number of thioether (sulfide) groups is 1. The van der Waals surface area contributed by atoms with Gasteiger partial charge in [0.2, 0.25) is 0 Å². The van der Waals surface area contributed by atoms with Gasteiger partial charge in [-0.25, -0.2) is 4.79 Å². The molecule has 2 N–H and O–H groups in total. The van der Waals surface area contributed by atoms with Gasteiger partial charge in [0.15, 0.2) is 12.3 Å². The highest BCUT2D eigenvalue weighted by molar-refractivity contribution is 7.99. The van der Waals surface area contributed by atoms with E-state index in [1.165, 1.54) is 24.3 Å². The molecule has 1 amide bonds. The van der Waals surface area contributed by atoms with Crippen LogP contribution in [-0.4, -0.2) is 34.4 Å². The van der Waals surface area contributed by atoms with Crippen LogP contribution < -0.4 is 5.32 Å². The minimum atomic E-state index is -2.51. The fourth-order valence-electron chi connectivity index (χ4n) is 2.24. The first-order chi connectivity index (χ1) is 12.5. The van der Waals surface area contributed by atoms with Crippen LogP contribution in [0.5, 0.6) is 0 Å². The van der Waals surface area contributed by atoms with Gasteiger partial charge in [-0.1, -0.05) is 30.0 Å². The average molecular weight is 377 g/mol. The van der Waals surface area contributed by atoms with Gasteiger partial charge in [-0.15, -0.1) is 0 Å². The molecule has 2 aromatic carbocycles. The zero-order chi connectivity index (χ0) is 18.5. The number of aromatic amines is 1. The van der Waals surface area contributed by atoms with Crippen molar-refractivity contribution in [2.75, 3.05) is 11.9 Å². The molecule has 0 spiro atoms. The average Bonchev–Trinajstić information content (AvgIpc) is 3.05. The lowest BCUT2D eigenvalue weighted by Crippen LogP contribution is -2.21. The number of aromatic nitrogens is 2. The number of para-hydroxylation sites is 1. The number of carbonyl (C=O) groups is 2. The molecule has 0 saturated heterocycles. The number of halogens is 2. The Bertz CT molecular complexity index is 928. The molecule has 0 bridgehead atoms. The number of carbonyl (C=O) groups excluding carboxylic acids is 2. The predicted molar refractivity (Wildman–Crippen MR) is 93.3 cm³/mol. The quantitative estimate of drug-likeness (QED) is 0.506. The third kappa shape index (κ3) is 4.37. The molecule has 0 aliphatic rings. The molecule has 0 atom stereocenters. The number of hydrogen-bond acceptors (Lipinski definition) is 5. The molecule has 0 aliphatic carbocycles. The van der Waals surface area contributed by atoms with Crippen molar-refractivity contribution in [3.8, 4) is 0 Å². The number of esters is 1. The lowest BCUT2D eigenvalue weighted by atomic mass is 10.2. The molecule has 1 aromatic heterocycles. The third-order valence-corrected chi connectivity index (χ3v) is 4.08. The van der Waals surface area contributed by atoms with Crippen LogP contribution in [0.1, 0.15) is 10.5 Å². The molecule has 1 heterocycles. The van der Waals surface area contributed by atoms with Crippen LogP contribution in [0.3, 0.4) is 0 Å². The number of anilines is 1. The van der Waals surface area contributed by atoms with Crippen molar-refractivity contribution in [3.63, 3.8) is 0 Å². The SMILES string of the molecule is O=C(COC(=O)c1n[nH]c2ccccc12)Nc1ccc(SC(F)F)cc1. The van der Waals surface area contributed by atoms with Crippen molar-refractivity contribution in [3.05, 3.63) is 54.2 Å². The minimum Gasteiger partial charge on any atom is -0.451 e. The molecule has 0 fully saturated rings. The molecule has 9 heteroatoms. The molecule has 0 aliphatic heterocycles. The number of rotatable bonds is 6. The van der Waals surface area contributed by atoms with E-state index < -0.39 is 24.2 Å². The summed E-state index contributed by atoms with van der Waals surface area (Å²) in [4.78, 5) is 24.3. The van der Waals surface area contributed by atoms with Crippen molar-refractivity contribution in [2.24, 2.45) is 0 Å². The first-order valence-electron chi connectivity index (χ1n) is 7.48. The Morgan fingerprint density at radius 1 is 1.15 bits per heavy atom. The van der Waals surface area contributed by atoms with E-state index in [-0.39, 0.29) is 5.69 Å². The van der Waals surface area contributed by atoms with Crippen LogP contribution in [0.2, 0.25) is 0 Å². The van der Waals surface area contributed by atoms with E-state index in [1.807, 2.05) is 0 Å². The second kappa shape index (κ2) is 7.96. The molecule has 3 aromatic rings. The second-order valence-electron chi connectivity index (χ2n) is 5.14. The number of alkyl halides is 2. The monoisotopic (exact) mass is 377 g/mol. The summed E-state index contributed by atoms with van der Waals surface area (Å²) in [6.45, 7) is -0.493. The summed E-state index contributed by atoms with van der Waals surface area (Å²) >= 11 is 0.414. The van der Waals surface area contributed by atoms with Crippen LogP contribution in [-0.2, 0) is 9.53 Å². The van der Waals surface area contributed by atoms with Gasteiger partial charge in [0.05, 0.1) is 5.52 Å². The summed E-state index contributed by atoms with van der Waals surface area (Å²) in [5.41, 5.74) is 1.20. The van der Waals surface area contributed by atoms with Gasteiger partial charge >= 0.3 is 5.97 Å². The zero-order valence-corrected chi connectivity index (χ0v) is 14.1. The molecule has 0 unspecified atom stereocenters. The first-order valence-corrected chi connectivity index (χ1v) is 8.36. The number of hydrogen-bond donors (Lipinski definition) is 2. The van der Waals surface area contributed by atoms with E-state index in [4.69, 9.17) is 4.74 Å². The Hall–Kier alpha value is -2.94. The van der Waals surface area contributed by atoms with Crippen LogP contribution in [0, 0.1) is 0 Å². The van der Waals surface area contributed by atoms with Gasteiger partial charge in [-0.2, -0.15) is 13.9 Å². The molecule has 26 heavy (non-hydrogen) atoms. The summed E-state index contributed by atoms with van der Waals surface area (Å²) in [6.07, 6.45) is 0. The fraction of sp³-hybridized carbons (Fsp3) is 0.118. The van der Waals surface area contributed by atoms with Crippen molar-refractivity contribution >= 4 is 40.2 Å². The Balaban J connectivity index is 1.54. The summed E-state index contributed by atoms with van der Waals surface area (Å²) in [5.74, 6) is -3.78. The number of fused-ring (bicyclic) bond motifs is 1. The smallest absolute Gasteiger partial charge is 0.359 e.